The molecule has 1 aliphatic heterocycles. The predicted octanol–water partition coefficient (Wildman–Crippen LogP) is 2.41. The number of carbonyl (C=O) groups excluding carboxylic acids is 1. The minimum atomic E-state index is -0.481. The third kappa shape index (κ3) is 2.95. The fourth-order valence-corrected chi connectivity index (χ4v) is 4.92. The molecule has 1 unspecified atom stereocenters. The topological polar surface area (TPSA) is 68.5 Å². The number of aromatic nitrogens is 1. The van der Waals surface area contributed by atoms with E-state index < -0.39 is 5.91 Å². The summed E-state index contributed by atoms with van der Waals surface area (Å²) in [6.45, 7) is 7.79. The van der Waals surface area contributed by atoms with Gasteiger partial charge in [0, 0.05) is 44.8 Å². The molecule has 2 heterocycles. The first-order valence-electron chi connectivity index (χ1n) is 9.01. The van der Waals surface area contributed by atoms with Crippen molar-refractivity contribution in [1.82, 2.24) is 9.88 Å². The van der Waals surface area contributed by atoms with Crippen LogP contribution in [0.15, 0.2) is 18.3 Å². The molecule has 1 aromatic heterocycles. The Bertz CT molecular complexity index is 588. The summed E-state index contributed by atoms with van der Waals surface area (Å²) in [5, 5.41) is 0. The number of nitrogens with zero attached hydrogens (tertiary/aromatic N) is 2. The van der Waals surface area contributed by atoms with E-state index in [1.807, 2.05) is 19.2 Å². The molecule has 3 rings (SSSR count). The fourth-order valence-electron chi connectivity index (χ4n) is 4.92. The second-order valence-corrected chi connectivity index (χ2v) is 7.73. The Morgan fingerprint density at radius 3 is 2.62 bits per heavy atom. The van der Waals surface area contributed by atoms with Crippen LogP contribution in [0.1, 0.15) is 49.2 Å². The quantitative estimate of drug-likeness (QED) is 0.899. The Kier molecular flexibility index (Phi) is 4.92. The highest BCUT2D eigenvalue weighted by molar-refractivity contribution is 5.90. The van der Waals surface area contributed by atoms with Crippen LogP contribution in [0.4, 0.5) is 0 Å². The first kappa shape index (κ1) is 17.4. The number of rotatable bonds is 5. The van der Waals surface area contributed by atoms with Crippen molar-refractivity contribution in [3.8, 4) is 0 Å². The normalized spacial score (nSPS) is 30.5. The summed E-state index contributed by atoms with van der Waals surface area (Å²) in [6.07, 6.45) is 5.26. The number of piperidine rings is 1. The highest BCUT2D eigenvalue weighted by Gasteiger charge is 2.53. The maximum Gasteiger partial charge on any atom is 0.267 e. The monoisotopic (exact) mass is 331 g/mol. The van der Waals surface area contributed by atoms with Crippen LogP contribution < -0.4 is 5.73 Å². The van der Waals surface area contributed by atoms with Gasteiger partial charge < -0.3 is 15.4 Å². The molecule has 1 amide bonds. The number of likely N-dealkylation sites (tertiary alicyclic amines) is 1. The number of methoxy groups -OCH3 is 1. The lowest BCUT2D eigenvalue weighted by atomic mass is 9.62. The Hall–Kier alpha value is -1.46. The third-order valence-electron chi connectivity index (χ3n) is 5.70. The van der Waals surface area contributed by atoms with E-state index in [1.165, 1.54) is 6.42 Å². The summed E-state index contributed by atoms with van der Waals surface area (Å²) in [5.74, 6) is 1.07. The van der Waals surface area contributed by atoms with Crippen LogP contribution in [0.2, 0.25) is 0 Å². The van der Waals surface area contributed by atoms with Gasteiger partial charge in [-0.25, -0.2) is 0 Å². The Labute approximate surface area is 144 Å². The maximum atomic E-state index is 11.6. The van der Waals surface area contributed by atoms with Gasteiger partial charge in [-0.1, -0.05) is 20.3 Å². The average Bonchev–Trinajstić information content (AvgIpc) is 2.53. The fraction of sp³-hybridized carbons (Fsp3) is 0.684. The van der Waals surface area contributed by atoms with E-state index in [4.69, 9.17) is 10.5 Å². The van der Waals surface area contributed by atoms with Crippen LogP contribution in [-0.2, 0) is 10.3 Å². The summed E-state index contributed by atoms with van der Waals surface area (Å²) in [5.41, 5.74) is 6.51. The van der Waals surface area contributed by atoms with E-state index in [0.29, 0.717) is 23.4 Å². The van der Waals surface area contributed by atoms with Gasteiger partial charge in [-0.15, -0.1) is 0 Å². The summed E-state index contributed by atoms with van der Waals surface area (Å²) in [6, 6.07) is 3.84. The maximum absolute atomic E-state index is 11.6. The average molecular weight is 331 g/mol. The van der Waals surface area contributed by atoms with Gasteiger partial charge in [-0.2, -0.15) is 0 Å². The molecule has 0 spiro atoms. The zero-order valence-corrected chi connectivity index (χ0v) is 15.0. The Morgan fingerprint density at radius 2 is 2.08 bits per heavy atom. The van der Waals surface area contributed by atoms with Crippen molar-refractivity contribution >= 4 is 5.91 Å². The van der Waals surface area contributed by atoms with Crippen LogP contribution in [0.3, 0.4) is 0 Å². The van der Waals surface area contributed by atoms with Gasteiger partial charge in [0.05, 0.1) is 0 Å². The van der Waals surface area contributed by atoms with E-state index in [1.54, 1.807) is 6.20 Å². The van der Waals surface area contributed by atoms with Crippen LogP contribution in [0.25, 0.3) is 0 Å². The molecular formula is C19H29N3O2. The van der Waals surface area contributed by atoms with E-state index >= 15 is 0 Å². The first-order valence-corrected chi connectivity index (χ1v) is 9.01. The number of primary amides is 1. The Morgan fingerprint density at radius 1 is 1.42 bits per heavy atom. The van der Waals surface area contributed by atoms with Crippen molar-refractivity contribution < 1.29 is 9.53 Å². The second kappa shape index (κ2) is 6.81. The lowest BCUT2D eigenvalue weighted by Crippen LogP contribution is -2.59. The number of fused-ring (bicyclic) bond motifs is 2. The molecule has 1 aromatic rings. The molecule has 3 atom stereocenters. The van der Waals surface area contributed by atoms with Gasteiger partial charge in [-0.05, 0) is 36.5 Å². The first-order chi connectivity index (χ1) is 11.5. The van der Waals surface area contributed by atoms with E-state index in [0.717, 1.165) is 38.0 Å². The number of hydrogen-bond donors (Lipinski definition) is 1. The number of hydrogen-bond acceptors (Lipinski definition) is 4. The lowest BCUT2D eigenvalue weighted by molar-refractivity contribution is -0.170. The molecular weight excluding hydrogens is 302 g/mol. The van der Waals surface area contributed by atoms with Gasteiger partial charge in [0.1, 0.15) is 11.3 Å². The molecule has 0 aromatic carbocycles. The van der Waals surface area contributed by atoms with Crippen molar-refractivity contribution in [3.63, 3.8) is 0 Å². The van der Waals surface area contributed by atoms with E-state index in [-0.39, 0.29) is 5.60 Å². The molecule has 5 heteroatoms. The van der Waals surface area contributed by atoms with Crippen molar-refractivity contribution in [1.29, 1.82) is 0 Å². The van der Waals surface area contributed by atoms with Gasteiger partial charge in [0.25, 0.3) is 5.91 Å². The summed E-state index contributed by atoms with van der Waals surface area (Å²) in [4.78, 5) is 18.3. The van der Waals surface area contributed by atoms with Gasteiger partial charge in [-0.3, -0.25) is 9.78 Å². The van der Waals surface area contributed by atoms with Crippen LogP contribution in [0.5, 0.6) is 0 Å². The standard InChI is InChI=1S/C19H29N3O2/c1-13(2)10-22-11-15-5-4-6-16(12-22)19(15,24-3)14-7-8-21-17(9-14)18(20)23/h7-9,13,15-16H,4-6,10-12H2,1-3H3,(H2,20,23)/t15-,16+,19?. The van der Waals surface area contributed by atoms with Crippen molar-refractivity contribution in [2.24, 2.45) is 23.5 Å². The molecule has 132 valence electrons. The smallest absolute Gasteiger partial charge is 0.267 e. The van der Waals surface area contributed by atoms with Crippen LogP contribution in [-0.4, -0.2) is 42.5 Å². The molecule has 1 saturated heterocycles. The number of carbonyl (C=O) groups is 1. The second-order valence-electron chi connectivity index (χ2n) is 7.73. The van der Waals surface area contributed by atoms with Gasteiger partial charge in [0.15, 0.2) is 0 Å². The Balaban J connectivity index is 1.97. The zero-order valence-electron chi connectivity index (χ0n) is 15.0. The molecule has 0 radical (unpaired) electrons. The predicted molar refractivity (Wildman–Crippen MR) is 93.6 cm³/mol. The summed E-state index contributed by atoms with van der Waals surface area (Å²) < 4.78 is 6.21. The highest BCUT2D eigenvalue weighted by atomic mass is 16.5. The minimum absolute atomic E-state index is 0.321. The van der Waals surface area contributed by atoms with E-state index in [2.05, 4.69) is 23.7 Å². The largest absolute Gasteiger partial charge is 0.373 e. The number of nitrogens with two attached hydrogens (primary N) is 1. The molecule has 2 fully saturated rings. The van der Waals surface area contributed by atoms with Crippen molar-refractivity contribution in [3.05, 3.63) is 29.6 Å². The molecule has 1 saturated carbocycles. The van der Waals surface area contributed by atoms with Crippen molar-refractivity contribution in [2.75, 3.05) is 26.7 Å². The molecule has 2 N–H and O–H groups in total. The van der Waals surface area contributed by atoms with Crippen LogP contribution >= 0.6 is 0 Å². The third-order valence-corrected chi connectivity index (χ3v) is 5.70. The number of amides is 1. The zero-order chi connectivity index (χ0) is 17.3. The van der Waals surface area contributed by atoms with Gasteiger partial charge >= 0.3 is 0 Å². The van der Waals surface area contributed by atoms with Crippen molar-refractivity contribution in [2.45, 2.75) is 38.7 Å². The van der Waals surface area contributed by atoms with Gasteiger partial charge in [0.2, 0.25) is 0 Å². The minimum Gasteiger partial charge on any atom is -0.373 e. The molecule has 1 aliphatic carbocycles. The number of ether oxygens (including phenoxy) is 1. The summed E-state index contributed by atoms with van der Waals surface area (Å²) >= 11 is 0. The number of pyridine rings is 1. The highest BCUT2D eigenvalue weighted by Crippen LogP contribution is 2.51. The molecule has 2 bridgehead atoms. The van der Waals surface area contributed by atoms with Crippen LogP contribution in [0, 0.1) is 17.8 Å². The lowest BCUT2D eigenvalue weighted by Gasteiger charge is -2.55. The molecule has 5 nitrogen and oxygen atoms in total. The van der Waals surface area contributed by atoms with E-state index in [9.17, 15) is 4.79 Å². The molecule has 2 aliphatic rings. The summed E-state index contributed by atoms with van der Waals surface area (Å²) in [7, 11) is 1.81. The molecule has 24 heavy (non-hydrogen) atoms. The SMILES string of the molecule is COC1(c2ccnc(C(N)=O)c2)[C@@H]2CCC[C@H]1CN(CC(C)C)C2.